The van der Waals surface area contributed by atoms with Crippen molar-refractivity contribution in [3.05, 3.63) is 71.3 Å². The zero-order valence-corrected chi connectivity index (χ0v) is 10.8. The molecule has 1 nitrogen and oxygen atoms in total. The van der Waals surface area contributed by atoms with Crippen LogP contribution in [0.3, 0.4) is 0 Å². The first-order chi connectivity index (χ1) is 8.72. The largest absolute Gasteiger partial charge is 0.198 e. The van der Waals surface area contributed by atoms with Gasteiger partial charge in [0.25, 0.3) is 0 Å². The molecular weight excluding hydrogens is 218 g/mol. The topological polar surface area (TPSA) is 23.8 Å². The molecule has 0 fully saturated rings. The van der Waals surface area contributed by atoms with Gasteiger partial charge < -0.3 is 0 Å². The molecule has 0 heterocycles. The molecule has 90 valence electrons. The Kier molecular flexibility index (Phi) is 3.79. The Hall–Kier alpha value is -2.07. The maximum absolute atomic E-state index is 9.43. The lowest BCUT2D eigenvalue weighted by molar-refractivity contribution is 0.686. The van der Waals surface area contributed by atoms with E-state index < -0.39 is 0 Å². The van der Waals surface area contributed by atoms with Crippen LogP contribution < -0.4 is 0 Å². The summed E-state index contributed by atoms with van der Waals surface area (Å²) in [5.74, 6) is 0.118. The van der Waals surface area contributed by atoms with Gasteiger partial charge in [0, 0.05) is 5.92 Å². The Morgan fingerprint density at radius 3 is 2.06 bits per heavy atom. The van der Waals surface area contributed by atoms with Gasteiger partial charge in [0.1, 0.15) is 0 Å². The second-order valence-electron chi connectivity index (χ2n) is 4.72. The van der Waals surface area contributed by atoms with Crippen LogP contribution >= 0.6 is 0 Å². The summed E-state index contributed by atoms with van der Waals surface area (Å²) < 4.78 is 0. The van der Waals surface area contributed by atoms with Gasteiger partial charge in [-0.05, 0) is 18.1 Å². The molecule has 2 aromatic rings. The number of benzene rings is 2. The summed E-state index contributed by atoms with van der Waals surface area (Å²) in [6, 6.07) is 20.9. The van der Waals surface area contributed by atoms with E-state index in [1.807, 2.05) is 18.2 Å². The van der Waals surface area contributed by atoms with Gasteiger partial charge >= 0.3 is 0 Å². The summed E-state index contributed by atoms with van der Waals surface area (Å²) >= 11 is 0. The van der Waals surface area contributed by atoms with Crippen molar-refractivity contribution in [1.82, 2.24) is 0 Å². The molecule has 0 spiro atoms. The average Bonchev–Trinajstić information content (AvgIpc) is 2.42. The van der Waals surface area contributed by atoms with Crippen molar-refractivity contribution in [2.45, 2.75) is 25.7 Å². The van der Waals surface area contributed by atoms with Crippen LogP contribution in [0.2, 0.25) is 0 Å². The first-order valence-corrected chi connectivity index (χ1v) is 6.23. The first kappa shape index (κ1) is 12.4. The quantitative estimate of drug-likeness (QED) is 0.773. The van der Waals surface area contributed by atoms with E-state index in [0.717, 1.165) is 5.56 Å². The number of nitriles is 1. The highest BCUT2D eigenvalue weighted by Crippen LogP contribution is 2.32. The molecule has 0 aliphatic rings. The first-order valence-electron chi connectivity index (χ1n) is 6.23. The van der Waals surface area contributed by atoms with Crippen LogP contribution in [0.25, 0.3) is 0 Å². The molecule has 2 unspecified atom stereocenters. The molecule has 2 aromatic carbocycles. The van der Waals surface area contributed by atoms with Crippen LogP contribution in [0.15, 0.2) is 54.6 Å². The van der Waals surface area contributed by atoms with E-state index in [4.69, 9.17) is 0 Å². The molecular formula is C17H17N. The van der Waals surface area contributed by atoms with Crippen molar-refractivity contribution in [3.8, 4) is 6.07 Å². The third-order valence-corrected chi connectivity index (χ3v) is 3.40. The minimum Gasteiger partial charge on any atom is -0.198 e. The number of rotatable bonds is 3. The van der Waals surface area contributed by atoms with Gasteiger partial charge in [0.2, 0.25) is 0 Å². The van der Waals surface area contributed by atoms with E-state index in [-0.39, 0.29) is 11.8 Å². The van der Waals surface area contributed by atoms with Gasteiger partial charge in [-0.25, -0.2) is 0 Å². The second-order valence-corrected chi connectivity index (χ2v) is 4.72. The predicted octanol–water partition coefficient (Wildman–Crippen LogP) is 4.41. The van der Waals surface area contributed by atoms with E-state index >= 15 is 0 Å². The van der Waals surface area contributed by atoms with E-state index in [2.05, 4.69) is 56.3 Å². The summed E-state index contributed by atoms with van der Waals surface area (Å²) in [7, 11) is 0. The normalized spacial score (nSPS) is 13.6. The Labute approximate surface area is 109 Å². The lowest BCUT2D eigenvalue weighted by Crippen LogP contribution is -2.06. The molecule has 0 aliphatic carbocycles. The fraction of sp³-hybridized carbons (Fsp3) is 0.235. The maximum Gasteiger partial charge on any atom is 0.0778 e. The smallest absolute Gasteiger partial charge is 0.0778 e. The molecule has 2 rings (SSSR count). The Balaban J connectivity index is 2.30. The maximum atomic E-state index is 9.43. The van der Waals surface area contributed by atoms with Gasteiger partial charge in [-0.15, -0.1) is 0 Å². The van der Waals surface area contributed by atoms with Crippen LogP contribution in [0.1, 0.15) is 35.4 Å². The van der Waals surface area contributed by atoms with Gasteiger partial charge in [-0.3, -0.25) is 0 Å². The second kappa shape index (κ2) is 5.51. The molecule has 0 aliphatic heterocycles. The predicted molar refractivity (Wildman–Crippen MR) is 74.4 cm³/mol. The number of aryl methyl sites for hydroxylation is 1. The number of hydrogen-bond donors (Lipinski definition) is 0. The van der Waals surface area contributed by atoms with E-state index in [9.17, 15) is 5.26 Å². The SMILES string of the molecule is Cc1ccc(C(C#N)C(C)c2ccccc2)cc1. The van der Waals surface area contributed by atoms with Gasteiger partial charge in [0.05, 0.1) is 12.0 Å². The van der Waals surface area contributed by atoms with E-state index in [1.54, 1.807) is 0 Å². The fourth-order valence-corrected chi connectivity index (χ4v) is 2.20. The van der Waals surface area contributed by atoms with Crippen LogP contribution in [0.4, 0.5) is 0 Å². The van der Waals surface area contributed by atoms with Crippen LogP contribution in [0, 0.1) is 18.3 Å². The molecule has 1 heteroatoms. The Morgan fingerprint density at radius 2 is 1.50 bits per heavy atom. The van der Waals surface area contributed by atoms with Crippen molar-refractivity contribution in [2.24, 2.45) is 0 Å². The van der Waals surface area contributed by atoms with Crippen molar-refractivity contribution in [3.63, 3.8) is 0 Å². The van der Waals surface area contributed by atoms with Crippen molar-refractivity contribution in [2.75, 3.05) is 0 Å². The number of hydrogen-bond acceptors (Lipinski definition) is 1. The molecule has 0 saturated carbocycles. The highest BCUT2D eigenvalue weighted by molar-refractivity contribution is 5.33. The van der Waals surface area contributed by atoms with E-state index in [1.165, 1.54) is 11.1 Å². The minimum atomic E-state index is -0.0898. The third kappa shape index (κ3) is 2.60. The zero-order chi connectivity index (χ0) is 13.0. The minimum absolute atomic E-state index is 0.0898. The lowest BCUT2D eigenvalue weighted by atomic mass is 9.83. The highest BCUT2D eigenvalue weighted by Gasteiger charge is 2.20. The van der Waals surface area contributed by atoms with E-state index in [0.29, 0.717) is 0 Å². The third-order valence-electron chi connectivity index (χ3n) is 3.40. The summed E-state index contributed by atoms with van der Waals surface area (Å²) in [6.07, 6.45) is 0. The monoisotopic (exact) mass is 235 g/mol. The van der Waals surface area contributed by atoms with Crippen molar-refractivity contribution in [1.29, 1.82) is 5.26 Å². The van der Waals surface area contributed by atoms with Gasteiger partial charge in [-0.1, -0.05) is 67.1 Å². The summed E-state index contributed by atoms with van der Waals surface area (Å²) in [5, 5.41) is 9.43. The molecule has 2 atom stereocenters. The Morgan fingerprint density at radius 1 is 0.889 bits per heavy atom. The molecule has 0 saturated heterocycles. The molecule has 0 aromatic heterocycles. The Bertz CT molecular complexity index is 534. The van der Waals surface area contributed by atoms with Crippen molar-refractivity contribution >= 4 is 0 Å². The van der Waals surface area contributed by atoms with Crippen molar-refractivity contribution < 1.29 is 0 Å². The average molecular weight is 235 g/mol. The van der Waals surface area contributed by atoms with Crippen LogP contribution in [0.5, 0.6) is 0 Å². The lowest BCUT2D eigenvalue weighted by Gasteiger charge is -2.18. The molecule has 0 amide bonds. The van der Waals surface area contributed by atoms with Crippen LogP contribution in [-0.4, -0.2) is 0 Å². The summed E-state index contributed by atoms with van der Waals surface area (Å²) in [4.78, 5) is 0. The number of nitrogens with zero attached hydrogens (tertiary/aromatic N) is 1. The summed E-state index contributed by atoms with van der Waals surface area (Å²) in [6.45, 7) is 4.18. The standard InChI is InChI=1S/C17H17N/c1-13-8-10-16(11-9-13)17(12-18)14(2)15-6-4-3-5-7-15/h3-11,14,17H,1-2H3. The summed E-state index contributed by atoms with van der Waals surface area (Å²) in [5.41, 5.74) is 3.53. The highest BCUT2D eigenvalue weighted by atomic mass is 14.3. The molecule has 0 radical (unpaired) electrons. The van der Waals surface area contributed by atoms with Gasteiger partial charge in [-0.2, -0.15) is 5.26 Å². The zero-order valence-electron chi connectivity index (χ0n) is 10.8. The molecule has 0 bridgehead atoms. The van der Waals surface area contributed by atoms with Crippen LogP contribution in [-0.2, 0) is 0 Å². The molecule has 18 heavy (non-hydrogen) atoms. The fourth-order valence-electron chi connectivity index (χ4n) is 2.20. The molecule has 0 N–H and O–H groups in total. The van der Waals surface area contributed by atoms with Gasteiger partial charge in [0.15, 0.2) is 0 Å².